The van der Waals surface area contributed by atoms with Crippen LogP contribution in [0.5, 0.6) is 0 Å². The van der Waals surface area contributed by atoms with Gasteiger partial charge in [-0.05, 0) is 0 Å². The maximum absolute atomic E-state index is 11.5. The number of rotatable bonds is 1. The van der Waals surface area contributed by atoms with Crippen molar-refractivity contribution in [2.75, 3.05) is 0 Å². The molecule has 0 N–H and O–H groups in total. The Kier molecular flexibility index (Phi) is 4.93. The van der Waals surface area contributed by atoms with E-state index in [0.717, 1.165) is 0 Å². The first-order valence-corrected chi connectivity index (χ1v) is 2.07. The molecule has 0 aromatic heterocycles. The number of hydrogen-bond donors (Lipinski definition) is 0. The standard InChI is InChI=1S/C4F7.Cu/c5-1-2(6)3(7,8)4(9,10)11;/q-1;+1. The number of allylic oxidation sites excluding steroid dienone is 1. The van der Waals surface area contributed by atoms with Crippen LogP contribution in [0, 0.1) is 6.33 Å². The third-order valence-corrected chi connectivity index (χ3v) is 0.715. The summed E-state index contributed by atoms with van der Waals surface area (Å²) in [5, 5.41) is 0. The Morgan fingerprint density at radius 1 is 1.00 bits per heavy atom. The largest absolute Gasteiger partial charge is 1.00 e. The Bertz CT molecular complexity index is 169. The molecule has 0 nitrogen and oxygen atoms in total. The molecular formula is C4CuF7. The van der Waals surface area contributed by atoms with Gasteiger partial charge in [0.1, 0.15) is 0 Å². The molecule has 0 saturated heterocycles. The Morgan fingerprint density at radius 3 is 1.42 bits per heavy atom. The normalized spacial score (nSPS) is 14.1. The van der Waals surface area contributed by atoms with Gasteiger partial charge in [-0.15, -0.1) is 0 Å². The summed E-state index contributed by atoms with van der Waals surface area (Å²) in [6.45, 7) is 0. The van der Waals surface area contributed by atoms with Crippen molar-refractivity contribution in [1.82, 2.24) is 0 Å². The zero-order valence-electron chi connectivity index (χ0n) is 4.95. The zero-order chi connectivity index (χ0) is 9.28. The molecule has 0 aromatic rings. The van der Waals surface area contributed by atoms with Crippen molar-refractivity contribution in [3.8, 4) is 0 Å². The van der Waals surface area contributed by atoms with Crippen LogP contribution < -0.4 is 0 Å². The van der Waals surface area contributed by atoms with E-state index in [4.69, 9.17) is 0 Å². The summed E-state index contributed by atoms with van der Waals surface area (Å²) in [6.07, 6.45) is -6.54. The van der Waals surface area contributed by atoms with Gasteiger partial charge in [-0.3, -0.25) is 6.33 Å². The van der Waals surface area contributed by atoms with Crippen molar-refractivity contribution in [3.63, 3.8) is 0 Å². The van der Waals surface area contributed by atoms with E-state index < -0.39 is 24.3 Å². The summed E-state index contributed by atoms with van der Waals surface area (Å²) < 4.78 is 78.3. The molecule has 0 atom stereocenters. The summed E-state index contributed by atoms with van der Waals surface area (Å²) >= 11 is 0. The maximum Gasteiger partial charge on any atom is 1.00 e. The van der Waals surface area contributed by atoms with Crippen LogP contribution in [0.4, 0.5) is 30.7 Å². The van der Waals surface area contributed by atoms with Gasteiger partial charge in [-0.1, -0.05) is 0 Å². The van der Waals surface area contributed by atoms with E-state index in [0.29, 0.717) is 0 Å². The van der Waals surface area contributed by atoms with Gasteiger partial charge in [0, 0.05) is 5.83 Å². The smallest absolute Gasteiger partial charge is 0.455 e. The molecular weight excluding hydrogens is 245 g/mol. The first-order chi connectivity index (χ1) is 4.73. The van der Waals surface area contributed by atoms with Crippen molar-refractivity contribution in [2.24, 2.45) is 0 Å². The first-order valence-electron chi connectivity index (χ1n) is 2.07. The van der Waals surface area contributed by atoms with Crippen LogP contribution in [0.25, 0.3) is 0 Å². The molecule has 0 fully saturated rings. The summed E-state index contributed by atoms with van der Waals surface area (Å²) in [5.74, 6) is -9.06. The van der Waals surface area contributed by atoms with Gasteiger partial charge in [0.2, 0.25) is 0 Å². The van der Waals surface area contributed by atoms with E-state index in [2.05, 4.69) is 0 Å². The molecule has 0 unspecified atom stereocenters. The van der Waals surface area contributed by atoms with Crippen LogP contribution in [0.15, 0.2) is 5.83 Å². The van der Waals surface area contributed by atoms with Crippen LogP contribution in [-0.2, 0) is 17.1 Å². The van der Waals surface area contributed by atoms with Crippen molar-refractivity contribution in [2.45, 2.75) is 12.1 Å². The molecule has 0 spiro atoms. The van der Waals surface area contributed by atoms with Crippen LogP contribution in [-0.4, -0.2) is 12.1 Å². The topological polar surface area (TPSA) is 0 Å². The van der Waals surface area contributed by atoms with Crippen molar-refractivity contribution in [1.29, 1.82) is 0 Å². The average molecular weight is 245 g/mol. The molecule has 12 heavy (non-hydrogen) atoms. The van der Waals surface area contributed by atoms with E-state index in [1.54, 1.807) is 0 Å². The van der Waals surface area contributed by atoms with E-state index in [1.807, 2.05) is 0 Å². The van der Waals surface area contributed by atoms with Gasteiger partial charge < -0.3 is 4.39 Å². The van der Waals surface area contributed by atoms with Gasteiger partial charge in [-0.25, -0.2) is 4.39 Å². The maximum atomic E-state index is 11.5. The van der Waals surface area contributed by atoms with Gasteiger partial charge >= 0.3 is 29.2 Å². The quantitative estimate of drug-likeness (QED) is 0.378. The number of alkyl halides is 5. The minimum Gasteiger partial charge on any atom is -0.455 e. The van der Waals surface area contributed by atoms with Crippen molar-refractivity contribution in [3.05, 3.63) is 12.2 Å². The van der Waals surface area contributed by atoms with Crippen LogP contribution in [0.3, 0.4) is 0 Å². The molecule has 0 amide bonds. The minimum atomic E-state index is -6.13. The number of hydrogen-bond acceptors (Lipinski definition) is 0. The summed E-state index contributed by atoms with van der Waals surface area (Å²) in [6, 6.07) is 0. The molecule has 0 heterocycles. The van der Waals surface area contributed by atoms with Crippen LogP contribution in [0.1, 0.15) is 0 Å². The molecule has 8 heteroatoms. The predicted molar refractivity (Wildman–Crippen MR) is 20.0 cm³/mol. The van der Waals surface area contributed by atoms with E-state index >= 15 is 0 Å². The SMILES string of the molecule is F[C-]=C(F)C(F)(F)C(F)(F)F.[Cu+]. The summed E-state index contributed by atoms with van der Waals surface area (Å²) in [4.78, 5) is 0. The summed E-state index contributed by atoms with van der Waals surface area (Å²) in [7, 11) is 0. The Hall–Kier alpha value is -0.231. The summed E-state index contributed by atoms with van der Waals surface area (Å²) in [5.41, 5.74) is 0. The third kappa shape index (κ3) is 2.67. The van der Waals surface area contributed by atoms with Crippen LogP contribution in [0.2, 0.25) is 0 Å². The second-order valence-corrected chi connectivity index (χ2v) is 1.48. The first kappa shape index (κ1) is 14.3. The van der Waals surface area contributed by atoms with E-state index in [9.17, 15) is 30.7 Å². The second kappa shape index (κ2) is 4.13. The molecule has 0 rings (SSSR count). The average Bonchev–Trinajstić information content (AvgIpc) is 1.83. The molecule has 0 aliphatic carbocycles. The molecule has 0 aliphatic heterocycles. The van der Waals surface area contributed by atoms with Gasteiger partial charge in [-0.2, -0.15) is 22.0 Å². The molecule has 76 valence electrons. The minimum absolute atomic E-state index is 0. The Morgan fingerprint density at radius 2 is 1.33 bits per heavy atom. The fraction of sp³-hybridized carbons (Fsp3) is 0.500. The monoisotopic (exact) mass is 244 g/mol. The van der Waals surface area contributed by atoms with Crippen molar-refractivity contribution >= 4 is 0 Å². The third-order valence-electron chi connectivity index (χ3n) is 0.715. The Labute approximate surface area is 72.9 Å². The van der Waals surface area contributed by atoms with E-state index in [-0.39, 0.29) is 17.1 Å². The number of halogens is 7. The van der Waals surface area contributed by atoms with Gasteiger partial charge in [0.15, 0.2) is 0 Å². The predicted octanol–water partition coefficient (Wildman–Crippen LogP) is 2.77. The van der Waals surface area contributed by atoms with Gasteiger partial charge in [0.05, 0.1) is 0 Å². The zero-order valence-corrected chi connectivity index (χ0v) is 5.89. The molecule has 0 radical (unpaired) electrons. The molecule has 0 bridgehead atoms. The van der Waals surface area contributed by atoms with Crippen LogP contribution >= 0.6 is 0 Å². The second-order valence-electron chi connectivity index (χ2n) is 1.48. The molecule has 0 aromatic carbocycles. The fourth-order valence-electron chi connectivity index (χ4n) is 0.184. The Balaban J connectivity index is 0. The van der Waals surface area contributed by atoms with Gasteiger partial charge in [0.25, 0.3) is 0 Å². The van der Waals surface area contributed by atoms with E-state index in [1.165, 1.54) is 0 Å². The molecule has 0 saturated carbocycles. The molecule has 0 aliphatic rings. The fourth-order valence-corrected chi connectivity index (χ4v) is 0.184. The van der Waals surface area contributed by atoms with Crippen molar-refractivity contribution < 1.29 is 47.8 Å².